The van der Waals surface area contributed by atoms with E-state index >= 15 is 0 Å². The molecule has 0 unspecified atom stereocenters. The average molecular weight is 431 g/mol. The molecule has 0 fully saturated rings. The molecule has 0 saturated carbocycles. The van der Waals surface area contributed by atoms with Crippen LogP contribution in [0, 0.1) is 0 Å². The lowest BCUT2D eigenvalue weighted by atomic mass is 10.1. The van der Waals surface area contributed by atoms with Gasteiger partial charge in [0, 0.05) is 11.7 Å². The minimum atomic E-state index is -4.99. The van der Waals surface area contributed by atoms with Crippen LogP contribution in [0.2, 0.25) is 0 Å². The number of carbonyl (C=O) groups excluding carboxylic acids is 1. The second kappa shape index (κ2) is 7.82. The molecule has 0 aliphatic heterocycles. The Bertz CT molecular complexity index is 907. The van der Waals surface area contributed by atoms with Crippen molar-refractivity contribution in [3.63, 3.8) is 0 Å². The van der Waals surface area contributed by atoms with Crippen molar-refractivity contribution in [2.75, 3.05) is 19.4 Å². The Balaban J connectivity index is 1.85. The van der Waals surface area contributed by atoms with E-state index in [9.17, 15) is 31.1 Å². The van der Waals surface area contributed by atoms with E-state index in [2.05, 4.69) is 10.6 Å². The summed E-state index contributed by atoms with van der Waals surface area (Å²) in [7, 11) is 3.65. The molecule has 2 aromatic rings. The predicted molar refractivity (Wildman–Crippen MR) is 99.0 cm³/mol. The van der Waals surface area contributed by atoms with Crippen molar-refractivity contribution in [1.82, 2.24) is 10.2 Å². The minimum Gasteiger partial charge on any atom is -0.329 e. The summed E-state index contributed by atoms with van der Waals surface area (Å²) in [6, 6.07) is 6.88. The average Bonchev–Trinajstić information content (AvgIpc) is 2.99. The number of fused-ring (bicyclic) bond motifs is 1. The molecule has 0 aromatic heterocycles. The van der Waals surface area contributed by atoms with E-state index in [1.54, 1.807) is 6.07 Å². The van der Waals surface area contributed by atoms with Gasteiger partial charge in [0.05, 0.1) is 17.2 Å². The highest BCUT2D eigenvalue weighted by molar-refractivity contribution is 5.90. The Labute approximate surface area is 168 Å². The molecule has 2 atom stereocenters. The number of nitrogens with one attached hydrogen (secondary N) is 2. The molecule has 4 nitrogen and oxygen atoms in total. The van der Waals surface area contributed by atoms with Gasteiger partial charge in [0.15, 0.2) is 0 Å². The van der Waals surface area contributed by atoms with Gasteiger partial charge < -0.3 is 15.5 Å². The first-order valence-corrected chi connectivity index (χ1v) is 8.97. The zero-order chi connectivity index (χ0) is 22.3. The highest BCUT2D eigenvalue weighted by Gasteiger charge is 2.38. The molecule has 0 radical (unpaired) electrons. The lowest BCUT2D eigenvalue weighted by molar-refractivity contribution is -0.143. The van der Waals surface area contributed by atoms with Gasteiger partial charge in [-0.3, -0.25) is 0 Å². The fourth-order valence-corrected chi connectivity index (χ4v) is 3.56. The number of halogens is 6. The summed E-state index contributed by atoms with van der Waals surface area (Å²) in [4.78, 5) is 14.4. The number of anilines is 1. The number of alkyl halides is 6. The molecule has 2 N–H and O–H groups in total. The number of amides is 2. The largest absolute Gasteiger partial charge is 0.416 e. The molecular formula is C20H19F6N3O. The summed E-state index contributed by atoms with van der Waals surface area (Å²) in [6.45, 7) is 0. The van der Waals surface area contributed by atoms with Crippen LogP contribution in [0.4, 0.5) is 36.8 Å². The fraction of sp³-hybridized carbons (Fsp3) is 0.350. The molecule has 0 heterocycles. The number of benzene rings is 2. The summed E-state index contributed by atoms with van der Waals surface area (Å²) in [5.41, 5.74) is -1.72. The number of carbonyl (C=O) groups is 1. The zero-order valence-electron chi connectivity index (χ0n) is 16.0. The molecular weight excluding hydrogens is 412 g/mol. The predicted octanol–water partition coefficient (Wildman–Crippen LogP) is 5.07. The first-order valence-electron chi connectivity index (χ1n) is 8.97. The molecule has 30 heavy (non-hydrogen) atoms. The molecule has 162 valence electrons. The Morgan fingerprint density at radius 1 is 0.967 bits per heavy atom. The number of likely N-dealkylation sites (N-methyl/N-ethyl adjacent to an activating group) is 1. The lowest BCUT2D eigenvalue weighted by Gasteiger charge is -2.27. The first-order chi connectivity index (χ1) is 13.9. The van der Waals surface area contributed by atoms with Gasteiger partial charge in [0.25, 0.3) is 0 Å². The Hall–Kier alpha value is -2.75. The van der Waals surface area contributed by atoms with Crippen molar-refractivity contribution >= 4 is 11.7 Å². The molecule has 3 rings (SSSR count). The van der Waals surface area contributed by atoms with Crippen molar-refractivity contribution in [2.45, 2.75) is 30.9 Å². The van der Waals surface area contributed by atoms with Crippen molar-refractivity contribution in [3.05, 3.63) is 64.7 Å². The maximum Gasteiger partial charge on any atom is 0.416 e. The quantitative estimate of drug-likeness (QED) is 0.667. The van der Waals surface area contributed by atoms with E-state index in [-0.39, 0.29) is 12.1 Å². The molecule has 10 heteroatoms. The van der Waals surface area contributed by atoms with E-state index in [0.29, 0.717) is 18.6 Å². The van der Waals surface area contributed by atoms with Gasteiger partial charge in [-0.2, -0.15) is 26.3 Å². The third kappa shape index (κ3) is 4.69. The van der Waals surface area contributed by atoms with Gasteiger partial charge in [-0.15, -0.1) is 0 Å². The summed E-state index contributed by atoms with van der Waals surface area (Å²) in [5.74, 6) is 0. The molecule has 0 spiro atoms. The van der Waals surface area contributed by atoms with Gasteiger partial charge in [0.2, 0.25) is 0 Å². The van der Waals surface area contributed by atoms with E-state index in [1.165, 1.54) is 0 Å². The van der Waals surface area contributed by atoms with Crippen LogP contribution in [0.3, 0.4) is 0 Å². The smallest absolute Gasteiger partial charge is 0.329 e. The number of nitrogens with zero attached hydrogens (tertiary/aromatic N) is 1. The third-order valence-electron chi connectivity index (χ3n) is 5.00. The van der Waals surface area contributed by atoms with Crippen LogP contribution in [0.25, 0.3) is 0 Å². The molecule has 2 amide bonds. The fourth-order valence-electron chi connectivity index (χ4n) is 3.56. The van der Waals surface area contributed by atoms with Gasteiger partial charge in [-0.1, -0.05) is 24.3 Å². The standard InChI is InChI=1S/C20H19F6N3O/c1-29(2)16-7-11-5-3-4-6-15(11)17(16)28-18(30)27-14-9-12(19(21,22)23)8-13(10-14)20(24,25)26/h3-6,8-10,16-17H,7H2,1-2H3,(H2,27,28,30)/t16-,17-/m0/s1. The second-order valence-corrected chi connectivity index (χ2v) is 7.30. The van der Waals surface area contributed by atoms with Gasteiger partial charge in [-0.05, 0) is 49.8 Å². The molecule has 1 aliphatic rings. The molecule has 0 bridgehead atoms. The van der Waals surface area contributed by atoms with Crippen LogP contribution >= 0.6 is 0 Å². The van der Waals surface area contributed by atoms with Crippen LogP contribution < -0.4 is 10.6 Å². The Morgan fingerprint density at radius 2 is 1.53 bits per heavy atom. The zero-order valence-corrected chi connectivity index (χ0v) is 16.0. The lowest BCUT2D eigenvalue weighted by Crippen LogP contribution is -2.42. The van der Waals surface area contributed by atoms with Crippen LogP contribution in [0.15, 0.2) is 42.5 Å². The highest BCUT2D eigenvalue weighted by Crippen LogP contribution is 2.38. The maximum atomic E-state index is 13.0. The van der Waals surface area contributed by atoms with Gasteiger partial charge in [-0.25, -0.2) is 4.79 Å². The van der Waals surface area contributed by atoms with Crippen molar-refractivity contribution < 1.29 is 31.1 Å². The molecule has 0 saturated heterocycles. The Morgan fingerprint density at radius 3 is 2.07 bits per heavy atom. The summed E-state index contributed by atoms with van der Waals surface area (Å²) >= 11 is 0. The van der Waals surface area contributed by atoms with Crippen LogP contribution in [0.5, 0.6) is 0 Å². The first kappa shape index (κ1) is 21.9. The normalized spacial score (nSPS) is 19.0. The maximum absolute atomic E-state index is 13.0. The van der Waals surface area contributed by atoms with E-state index in [0.717, 1.165) is 11.1 Å². The van der Waals surface area contributed by atoms with Gasteiger partial charge in [0.1, 0.15) is 0 Å². The monoisotopic (exact) mass is 431 g/mol. The van der Waals surface area contributed by atoms with Crippen LogP contribution in [0.1, 0.15) is 28.3 Å². The SMILES string of the molecule is CN(C)[C@H]1Cc2ccccc2[C@@H]1NC(=O)Nc1cc(C(F)(F)F)cc(C(F)(F)F)c1. The number of rotatable bonds is 3. The summed E-state index contributed by atoms with van der Waals surface area (Å²) < 4.78 is 78.0. The molecule has 1 aliphatic carbocycles. The van der Waals surface area contributed by atoms with E-state index in [4.69, 9.17) is 0 Å². The van der Waals surface area contributed by atoms with E-state index < -0.39 is 41.2 Å². The van der Waals surface area contributed by atoms with Crippen LogP contribution in [-0.2, 0) is 18.8 Å². The van der Waals surface area contributed by atoms with Crippen molar-refractivity contribution in [1.29, 1.82) is 0 Å². The topological polar surface area (TPSA) is 44.4 Å². The van der Waals surface area contributed by atoms with Gasteiger partial charge >= 0.3 is 18.4 Å². The van der Waals surface area contributed by atoms with Crippen LogP contribution in [-0.4, -0.2) is 31.1 Å². The van der Waals surface area contributed by atoms with Crippen molar-refractivity contribution in [3.8, 4) is 0 Å². The minimum absolute atomic E-state index is 0.0123. The number of hydrogen-bond acceptors (Lipinski definition) is 2. The summed E-state index contributed by atoms with van der Waals surface area (Å²) in [5, 5.41) is 4.79. The van der Waals surface area contributed by atoms with E-state index in [1.807, 2.05) is 37.2 Å². The highest BCUT2D eigenvalue weighted by atomic mass is 19.4. The summed E-state index contributed by atoms with van der Waals surface area (Å²) in [6.07, 6.45) is -9.33. The molecule has 2 aromatic carbocycles. The number of urea groups is 1. The second-order valence-electron chi connectivity index (χ2n) is 7.30. The third-order valence-corrected chi connectivity index (χ3v) is 5.00. The number of hydrogen-bond donors (Lipinski definition) is 2. The van der Waals surface area contributed by atoms with Crippen molar-refractivity contribution in [2.24, 2.45) is 0 Å². The Kier molecular flexibility index (Phi) is 5.72.